The summed E-state index contributed by atoms with van der Waals surface area (Å²) in [5.41, 5.74) is 3.13. The van der Waals surface area contributed by atoms with Crippen LogP contribution in [-0.2, 0) is 14.3 Å². The first-order valence-electron chi connectivity index (χ1n) is 9.69. The highest BCUT2D eigenvalue weighted by molar-refractivity contribution is 5.99. The van der Waals surface area contributed by atoms with Crippen LogP contribution in [0, 0.1) is 28.6 Å². The summed E-state index contributed by atoms with van der Waals surface area (Å²) in [6.45, 7) is 10.7. The van der Waals surface area contributed by atoms with Crippen molar-refractivity contribution in [3.05, 3.63) is 22.8 Å². The highest BCUT2D eigenvalue weighted by Gasteiger charge is 2.58. The van der Waals surface area contributed by atoms with Crippen LogP contribution in [0.25, 0.3) is 0 Å². The number of carbonyl (C=O) groups is 2. The van der Waals surface area contributed by atoms with Gasteiger partial charge in [0.1, 0.15) is 0 Å². The molecule has 0 aliphatic heterocycles. The third-order valence-electron chi connectivity index (χ3n) is 7.48. The number of Topliss-reactive ketones (excluding diaryl/α,β-unsaturated/α-hetero) is 1. The molecule has 3 nitrogen and oxygen atoms in total. The molecule has 0 amide bonds. The van der Waals surface area contributed by atoms with Crippen LogP contribution in [0.3, 0.4) is 0 Å². The van der Waals surface area contributed by atoms with Gasteiger partial charge in [-0.1, -0.05) is 33.3 Å². The summed E-state index contributed by atoms with van der Waals surface area (Å²) < 4.78 is 5.18. The van der Waals surface area contributed by atoms with E-state index in [-0.39, 0.29) is 29.1 Å². The van der Waals surface area contributed by atoms with Gasteiger partial charge < -0.3 is 4.74 Å². The van der Waals surface area contributed by atoms with E-state index in [0.29, 0.717) is 12.2 Å². The molecule has 0 aromatic carbocycles. The smallest absolute Gasteiger partial charge is 0.311 e. The number of fused-ring (bicyclic) bond motifs is 3. The van der Waals surface area contributed by atoms with Gasteiger partial charge in [0.05, 0.1) is 12.5 Å². The summed E-state index contributed by atoms with van der Waals surface area (Å²) in [4.78, 5) is 25.5. The summed E-state index contributed by atoms with van der Waals surface area (Å²) in [6, 6.07) is 0. The van der Waals surface area contributed by atoms with Crippen molar-refractivity contribution in [2.24, 2.45) is 28.6 Å². The van der Waals surface area contributed by atoms with Crippen molar-refractivity contribution in [3.8, 4) is 0 Å². The van der Waals surface area contributed by atoms with Crippen LogP contribution < -0.4 is 0 Å². The Morgan fingerprint density at radius 2 is 1.96 bits per heavy atom. The number of allylic oxidation sites excluding steroid dienone is 4. The van der Waals surface area contributed by atoms with Gasteiger partial charge in [-0.25, -0.2) is 0 Å². The van der Waals surface area contributed by atoms with Gasteiger partial charge in [0.25, 0.3) is 0 Å². The second-order valence-electron chi connectivity index (χ2n) is 9.09. The van der Waals surface area contributed by atoms with E-state index in [1.807, 2.05) is 0 Å². The average molecular weight is 344 g/mol. The lowest BCUT2D eigenvalue weighted by molar-refractivity contribution is -0.166. The Bertz CT molecular complexity index is 669. The lowest BCUT2D eigenvalue weighted by Gasteiger charge is -2.57. The zero-order chi connectivity index (χ0) is 18.6. The maximum Gasteiger partial charge on any atom is 0.311 e. The number of hydrogen-bond donors (Lipinski definition) is 0. The van der Waals surface area contributed by atoms with Gasteiger partial charge in [-0.2, -0.15) is 0 Å². The minimum atomic E-state index is -0.442. The normalized spacial score (nSPS) is 38.2. The monoisotopic (exact) mass is 344 g/mol. The van der Waals surface area contributed by atoms with Crippen LogP contribution in [-0.4, -0.2) is 18.9 Å². The molecule has 4 atom stereocenters. The van der Waals surface area contributed by atoms with Crippen LogP contribution in [0.15, 0.2) is 22.8 Å². The maximum atomic E-state index is 12.9. The van der Waals surface area contributed by atoms with Gasteiger partial charge in [0.2, 0.25) is 0 Å². The third kappa shape index (κ3) is 2.53. The Morgan fingerprint density at radius 3 is 2.56 bits per heavy atom. The van der Waals surface area contributed by atoms with E-state index >= 15 is 0 Å². The van der Waals surface area contributed by atoms with Gasteiger partial charge in [-0.05, 0) is 67.4 Å². The minimum Gasteiger partial charge on any atom is -0.469 e. The van der Waals surface area contributed by atoms with Gasteiger partial charge in [-0.3, -0.25) is 9.59 Å². The molecule has 0 spiro atoms. The van der Waals surface area contributed by atoms with E-state index in [4.69, 9.17) is 4.74 Å². The predicted molar refractivity (Wildman–Crippen MR) is 98.9 cm³/mol. The fourth-order valence-electron chi connectivity index (χ4n) is 6.25. The van der Waals surface area contributed by atoms with Crippen molar-refractivity contribution in [1.29, 1.82) is 0 Å². The molecular weight excluding hydrogens is 312 g/mol. The first-order valence-corrected chi connectivity index (χ1v) is 9.69. The largest absolute Gasteiger partial charge is 0.469 e. The second kappa shape index (κ2) is 6.10. The molecule has 0 aromatic rings. The second-order valence-corrected chi connectivity index (χ2v) is 9.09. The Morgan fingerprint density at radius 1 is 1.28 bits per heavy atom. The fourth-order valence-corrected chi connectivity index (χ4v) is 6.25. The highest BCUT2D eigenvalue weighted by atomic mass is 16.5. The lowest BCUT2D eigenvalue weighted by Crippen LogP contribution is -2.54. The Labute approximate surface area is 151 Å². The van der Waals surface area contributed by atoms with E-state index in [2.05, 4.69) is 40.7 Å². The molecule has 138 valence electrons. The molecule has 0 aromatic heterocycles. The van der Waals surface area contributed by atoms with E-state index in [1.54, 1.807) is 0 Å². The van der Waals surface area contributed by atoms with Crippen LogP contribution in [0.2, 0.25) is 0 Å². The summed E-state index contributed by atoms with van der Waals surface area (Å²) in [5.74, 6) is 0.979. The van der Waals surface area contributed by atoms with E-state index in [0.717, 1.165) is 31.3 Å². The number of methoxy groups -OCH3 is 1. The predicted octanol–water partition coefficient (Wildman–Crippen LogP) is 4.86. The SMILES string of the molecule is COC(=O)[C@]1(C)CCC[C@@]2(C)[C@H]1CC=C1C(C)=C(C(C)C)C(=O)C[C@@H]12. The van der Waals surface area contributed by atoms with E-state index in [9.17, 15) is 9.59 Å². The quantitative estimate of drug-likeness (QED) is 0.672. The molecule has 0 bridgehead atoms. The van der Waals surface area contributed by atoms with Crippen LogP contribution in [0.4, 0.5) is 0 Å². The van der Waals surface area contributed by atoms with E-state index < -0.39 is 5.41 Å². The van der Waals surface area contributed by atoms with Crippen molar-refractivity contribution >= 4 is 11.8 Å². The molecule has 3 rings (SSSR count). The van der Waals surface area contributed by atoms with Crippen LogP contribution in [0.5, 0.6) is 0 Å². The standard InChI is InChI=1S/C22H32O3/c1-13(2)19-14(3)15-8-9-18-21(4,16(15)12-17(19)23)10-7-11-22(18,5)20(24)25-6/h8,13,16,18H,7,9-12H2,1-6H3/t16-,18+,21+,22+/m0/s1. The van der Waals surface area contributed by atoms with Gasteiger partial charge in [0.15, 0.2) is 5.78 Å². The summed E-state index contributed by atoms with van der Waals surface area (Å²) in [6.07, 6.45) is 6.83. The van der Waals surface area contributed by atoms with Gasteiger partial charge in [0, 0.05) is 12.0 Å². The first-order chi connectivity index (χ1) is 11.7. The molecule has 0 saturated heterocycles. The Kier molecular flexibility index (Phi) is 4.50. The number of ketones is 1. The Hall–Kier alpha value is -1.38. The van der Waals surface area contributed by atoms with Crippen molar-refractivity contribution in [2.45, 2.75) is 66.7 Å². The number of carbonyl (C=O) groups excluding carboxylic acids is 2. The van der Waals surface area contributed by atoms with E-state index in [1.165, 1.54) is 18.3 Å². The highest BCUT2D eigenvalue weighted by Crippen LogP contribution is 2.62. The molecule has 0 radical (unpaired) electrons. The average Bonchev–Trinajstić information content (AvgIpc) is 2.54. The van der Waals surface area contributed by atoms with Crippen LogP contribution in [0.1, 0.15) is 66.7 Å². The van der Waals surface area contributed by atoms with Gasteiger partial charge in [-0.15, -0.1) is 0 Å². The minimum absolute atomic E-state index is 0.00922. The molecule has 3 heteroatoms. The molecular formula is C22H32O3. The van der Waals surface area contributed by atoms with Crippen molar-refractivity contribution in [1.82, 2.24) is 0 Å². The number of hydrogen-bond acceptors (Lipinski definition) is 3. The number of ether oxygens (including phenoxy) is 1. The zero-order valence-electron chi connectivity index (χ0n) is 16.6. The molecule has 0 unspecified atom stereocenters. The molecule has 1 fully saturated rings. The van der Waals surface area contributed by atoms with Crippen molar-refractivity contribution in [2.75, 3.05) is 7.11 Å². The molecule has 3 aliphatic carbocycles. The molecule has 25 heavy (non-hydrogen) atoms. The topological polar surface area (TPSA) is 43.4 Å². The summed E-state index contributed by atoms with van der Waals surface area (Å²) in [5, 5.41) is 0. The summed E-state index contributed by atoms with van der Waals surface area (Å²) in [7, 11) is 1.50. The summed E-state index contributed by atoms with van der Waals surface area (Å²) >= 11 is 0. The Balaban J connectivity index is 2.09. The first kappa shape index (κ1) is 18.4. The fraction of sp³-hybridized carbons (Fsp3) is 0.727. The third-order valence-corrected chi connectivity index (χ3v) is 7.48. The maximum absolute atomic E-state index is 12.9. The van der Waals surface area contributed by atoms with Crippen molar-refractivity contribution < 1.29 is 14.3 Å². The van der Waals surface area contributed by atoms with Crippen LogP contribution >= 0.6 is 0 Å². The molecule has 0 heterocycles. The molecule has 0 N–H and O–H groups in total. The zero-order valence-corrected chi connectivity index (χ0v) is 16.6. The van der Waals surface area contributed by atoms with Gasteiger partial charge >= 0.3 is 5.97 Å². The van der Waals surface area contributed by atoms with Crippen molar-refractivity contribution in [3.63, 3.8) is 0 Å². The lowest BCUT2D eigenvalue weighted by atomic mass is 9.46. The molecule has 3 aliphatic rings. The molecule has 1 saturated carbocycles. The number of esters is 1. The number of rotatable bonds is 2.